The summed E-state index contributed by atoms with van der Waals surface area (Å²) in [5, 5.41) is 9.08. The van der Waals surface area contributed by atoms with Gasteiger partial charge in [-0.2, -0.15) is 0 Å². The minimum atomic E-state index is -3.77. The molecule has 6 nitrogen and oxygen atoms in total. The molecule has 0 aromatic heterocycles. The molecule has 21 heavy (non-hydrogen) atoms. The lowest BCUT2D eigenvalue weighted by molar-refractivity contribution is 0.0696. The molecule has 0 radical (unpaired) electrons. The van der Waals surface area contributed by atoms with Gasteiger partial charge in [0.25, 0.3) is 0 Å². The molecule has 1 aromatic carbocycles. The van der Waals surface area contributed by atoms with E-state index in [1.807, 2.05) is 0 Å². The maximum atomic E-state index is 12.5. The summed E-state index contributed by atoms with van der Waals surface area (Å²) in [6.45, 7) is 1.50. The van der Waals surface area contributed by atoms with Crippen LogP contribution >= 0.6 is 0 Å². The molecule has 1 saturated carbocycles. The third-order valence-corrected chi connectivity index (χ3v) is 5.56. The van der Waals surface area contributed by atoms with Crippen LogP contribution in [0.3, 0.4) is 0 Å². The van der Waals surface area contributed by atoms with Crippen molar-refractivity contribution in [2.75, 3.05) is 0 Å². The Bertz CT molecular complexity index is 642. The van der Waals surface area contributed by atoms with Gasteiger partial charge in [0.05, 0.1) is 10.5 Å². The smallest absolute Gasteiger partial charge is 0.335 e. The fourth-order valence-corrected chi connectivity index (χ4v) is 4.29. The molecule has 1 aliphatic carbocycles. The maximum Gasteiger partial charge on any atom is 0.335 e. The predicted octanol–water partition coefficient (Wildman–Crippen LogP) is 1.24. The first-order valence-corrected chi connectivity index (χ1v) is 8.42. The minimum absolute atomic E-state index is 0.000161. The molecule has 0 bridgehead atoms. The largest absolute Gasteiger partial charge is 0.478 e. The second-order valence-corrected chi connectivity index (χ2v) is 7.09. The molecule has 7 heteroatoms. The van der Waals surface area contributed by atoms with Gasteiger partial charge in [0.2, 0.25) is 10.0 Å². The quantitative estimate of drug-likeness (QED) is 0.775. The molecular formula is C14H20N2O4S. The van der Waals surface area contributed by atoms with Crippen molar-refractivity contribution in [3.05, 3.63) is 29.3 Å². The van der Waals surface area contributed by atoms with Crippen LogP contribution in [-0.2, 0) is 10.0 Å². The van der Waals surface area contributed by atoms with Crippen molar-refractivity contribution < 1.29 is 18.3 Å². The van der Waals surface area contributed by atoms with E-state index in [-0.39, 0.29) is 28.1 Å². The molecule has 2 unspecified atom stereocenters. The first kappa shape index (κ1) is 15.9. The third-order valence-electron chi connectivity index (χ3n) is 3.93. The monoisotopic (exact) mass is 312 g/mol. The topological polar surface area (TPSA) is 109 Å². The molecule has 1 aliphatic rings. The number of hydrogen-bond acceptors (Lipinski definition) is 4. The molecule has 2 atom stereocenters. The Hall–Kier alpha value is -1.44. The van der Waals surface area contributed by atoms with E-state index in [1.54, 1.807) is 0 Å². The number of aromatic carboxylic acids is 1. The van der Waals surface area contributed by atoms with Gasteiger partial charge in [-0.1, -0.05) is 18.9 Å². The first-order chi connectivity index (χ1) is 9.83. The molecule has 0 saturated heterocycles. The number of nitrogens with one attached hydrogen (secondary N) is 1. The van der Waals surface area contributed by atoms with E-state index in [2.05, 4.69) is 4.72 Å². The summed E-state index contributed by atoms with van der Waals surface area (Å²) in [7, 11) is -3.77. The highest BCUT2D eigenvalue weighted by molar-refractivity contribution is 7.89. The van der Waals surface area contributed by atoms with E-state index in [0.29, 0.717) is 6.42 Å². The fraction of sp³-hybridized carbons (Fsp3) is 0.500. The molecule has 0 aliphatic heterocycles. The van der Waals surface area contributed by atoms with Gasteiger partial charge in [0, 0.05) is 12.1 Å². The molecule has 1 aromatic rings. The number of sulfonamides is 1. The number of hydrogen-bond donors (Lipinski definition) is 3. The zero-order valence-electron chi connectivity index (χ0n) is 11.9. The zero-order chi connectivity index (χ0) is 15.6. The van der Waals surface area contributed by atoms with Crippen LogP contribution in [-0.4, -0.2) is 31.6 Å². The summed E-state index contributed by atoms with van der Waals surface area (Å²) < 4.78 is 27.6. The van der Waals surface area contributed by atoms with Gasteiger partial charge < -0.3 is 10.8 Å². The van der Waals surface area contributed by atoms with Crippen molar-refractivity contribution in [1.82, 2.24) is 4.72 Å². The summed E-state index contributed by atoms with van der Waals surface area (Å²) in [5.74, 6) is -1.14. The Kier molecular flexibility index (Phi) is 4.65. The Morgan fingerprint density at radius 3 is 2.62 bits per heavy atom. The standard InChI is InChI=1S/C14H20N2O4S/c1-9-10(14(17)18)5-4-8-13(9)21(19,20)16-12-7-3-2-6-11(12)15/h4-5,8,11-12,16H,2-3,6-7,15H2,1H3,(H,17,18). The van der Waals surface area contributed by atoms with Crippen molar-refractivity contribution in [1.29, 1.82) is 0 Å². The second-order valence-electron chi connectivity index (χ2n) is 5.41. The number of benzene rings is 1. The van der Waals surface area contributed by atoms with Crippen molar-refractivity contribution >= 4 is 16.0 Å². The van der Waals surface area contributed by atoms with Crippen molar-refractivity contribution in [2.24, 2.45) is 5.73 Å². The third kappa shape index (κ3) is 3.42. The van der Waals surface area contributed by atoms with Crippen molar-refractivity contribution in [3.63, 3.8) is 0 Å². The Labute approximate surface area is 124 Å². The summed E-state index contributed by atoms with van der Waals surface area (Å²) in [5.41, 5.74) is 6.19. The molecule has 0 heterocycles. The molecule has 0 spiro atoms. The minimum Gasteiger partial charge on any atom is -0.478 e. The van der Waals surface area contributed by atoms with Crippen molar-refractivity contribution in [3.8, 4) is 0 Å². The zero-order valence-corrected chi connectivity index (χ0v) is 12.7. The van der Waals surface area contributed by atoms with Gasteiger partial charge in [0.15, 0.2) is 0 Å². The average molecular weight is 312 g/mol. The fourth-order valence-electron chi connectivity index (χ4n) is 2.71. The molecule has 1 fully saturated rings. The lowest BCUT2D eigenvalue weighted by Crippen LogP contribution is -2.49. The molecule has 116 valence electrons. The molecule has 4 N–H and O–H groups in total. The Morgan fingerprint density at radius 1 is 1.33 bits per heavy atom. The van der Waals surface area contributed by atoms with E-state index in [4.69, 9.17) is 10.8 Å². The Balaban J connectivity index is 2.31. The number of carboxylic acid groups (broad SMARTS) is 1. The first-order valence-electron chi connectivity index (χ1n) is 6.94. The van der Waals surface area contributed by atoms with Crippen LogP contribution in [0.5, 0.6) is 0 Å². The number of carboxylic acids is 1. The molecule has 2 rings (SSSR count). The highest BCUT2D eigenvalue weighted by atomic mass is 32.2. The summed E-state index contributed by atoms with van der Waals surface area (Å²) in [6.07, 6.45) is 3.45. The lowest BCUT2D eigenvalue weighted by atomic mass is 9.92. The van der Waals surface area contributed by atoms with Gasteiger partial charge in [0.1, 0.15) is 0 Å². The number of rotatable bonds is 4. The second kappa shape index (κ2) is 6.13. The number of carbonyl (C=O) groups is 1. The van der Waals surface area contributed by atoms with Crippen LogP contribution in [0.4, 0.5) is 0 Å². The highest BCUT2D eigenvalue weighted by Gasteiger charge is 2.28. The van der Waals surface area contributed by atoms with E-state index in [1.165, 1.54) is 25.1 Å². The van der Waals surface area contributed by atoms with Gasteiger partial charge in [-0.05, 0) is 37.5 Å². The highest BCUT2D eigenvalue weighted by Crippen LogP contribution is 2.22. The van der Waals surface area contributed by atoms with Crippen LogP contribution < -0.4 is 10.5 Å². The van der Waals surface area contributed by atoms with Gasteiger partial charge in [-0.3, -0.25) is 0 Å². The predicted molar refractivity (Wildman–Crippen MR) is 78.7 cm³/mol. The van der Waals surface area contributed by atoms with Gasteiger partial charge >= 0.3 is 5.97 Å². The van der Waals surface area contributed by atoms with Gasteiger partial charge in [-0.15, -0.1) is 0 Å². The van der Waals surface area contributed by atoms with Crippen molar-refractivity contribution in [2.45, 2.75) is 49.6 Å². The van der Waals surface area contributed by atoms with E-state index in [9.17, 15) is 13.2 Å². The average Bonchev–Trinajstić information content (AvgIpc) is 2.41. The summed E-state index contributed by atoms with van der Waals surface area (Å²) in [4.78, 5) is 11.1. The van der Waals surface area contributed by atoms with Crippen LogP contribution in [0.1, 0.15) is 41.6 Å². The van der Waals surface area contributed by atoms with E-state index < -0.39 is 16.0 Å². The van der Waals surface area contributed by atoms with Crippen LogP contribution in [0.2, 0.25) is 0 Å². The summed E-state index contributed by atoms with van der Waals surface area (Å²) >= 11 is 0. The van der Waals surface area contributed by atoms with E-state index >= 15 is 0 Å². The van der Waals surface area contributed by atoms with Crippen LogP contribution in [0.25, 0.3) is 0 Å². The maximum absolute atomic E-state index is 12.5. The summed E-state index contributed by atoms with van der Waals surface area (Å²) in [6, 6.07) is 3.75. The van der Waals surface area contributed by atoms with Crippen LogP contribution in [0.15, 0.2) is 23.1 Å². The molecular weight excluding hydrogens is 292 g/mol. The molecule has 0 amide bonds. The van der Waals surface area contributed by atoms with Crippen LogP contribution in [0, 0.1) is 6.92 Å². The van der Waals surface area contributed by atoms with Gasteiger partial charge in [-0.25, -0.2) is 17.9 Å². The lowest BCUT2D eigenvalue weighted by Gasteiger charge is -2.29. The SMILES string of the molecule is Cc1c(C(=O)O)cccc1S(=O)(=O)NC1CCCCC1N. The Morgan fingerprint density at radius 2 is 2.00 bits per heavy atom. The van der Waals surface area contributed by atoms with E-state index in [0.717, 1.165) is 19.3 Å². The normalized spacial score (nSPS) is 23.0. The number of nitrogens with two attached hydrogens (primary N) is 1.